The molecule has 1 saturated heterocycles. The Balaban J connectivity index is 2.80. The number of hydrogen-bond acceptors (Lipinski definition) is 3. The number of piperazine rings is 1. The predicted molar refractivity (Wildman–Crippen MR) is 52.5 cm³/mol. The van der Waals surface area contributed by atoms with Gasteiger partial charge < -0.3 is 15.5 Å². The Kier molecular flexibility index (Phi) is 3.10. The van der Waals surface area contributed by atoms with Gasteiger partial charge in [0.1, 0.15) is 12.6 Å². The van der Waals surface area contributed by atoms with E-state index in [4.69, 9.17) is 5.73 Å². The summed E-state index contributed by atoms with van der Waals surface area (Å²) in [5.41, 5.74) is 5.47. The minimum Gasteiger partial charge on any atom is -0.332 e. The molecule has 1 heterocycles. The summed E-state index contributed by atoms with van der Waals surface area (Å²) in [5, 5.41) is 0. The molecule has 0 bridgehead atoms. The number of carbonyl (C=O) groups excluding carboxylic acids is 2. The molecule has 0 aromatic carbocycles. The third kappa shape index (κ3) is 1.72. The summed E-state index contributed by atoms with van der Waals surface area (Å²) in [6.07, 6.45) is 0. The second-order valence-corrected chi connectivity index (χ2v) is 3.73. The van der Waals surface area contributed by atoms with Crippen LogP contribution in [0.5, 0.6) is 0 Å². The zero-order valence-electron chi connectivity index (χ0n) is 8.86. The Morgan fingerprint density at radius 1 is 1.57 bits per heavy atom. The van der Waals surface area contributed by atoms with Gasteiger partial charge in [0.2, 0.25) is 11.8 Å². The first kappa shape index (κ1) is 11.0. The van der Waals surface area contributed by atoms with Gasteiger partial charge in [0.25, 0.3) is 0 Å². The lowest BCUT2D eigenvalue weighted by Gasteiger charge is -2.39. The highest BCUT2D eigenvalue weighted by atomic mass is 16.2. The van der Waals surface area contributed by atoms with Crippen molar-refractivity contribution in [1.29, 1.82) is 0 Å². The Hall–Kier alpha value is -1.10. The Labute approximate surface area is 83.8 Å². The molecule has 1 rings (SSSR count). The fraction of sp³-hybridized carbons (Fsp3) is 0.778. The number of rotatable bonds is 2. The Morgan fingerprint density at radius 3 is 2.64 bits per heavy atom. The number of amides is 2. The van der Waals surface area contributed by atoms with Crippen LogP contribution in [-0.4, -0.2) is 53.8 Å². The SMILES string of the molecule is CC1C(=O)N(C(C)CN)CC(=O)N1C. The van der Waals surface area contributed by atoms with Crippen LogP contribution in [0, 0.1) is 0 Å². The molecule has 0 aliphatic carbocycles. The minimum absolute atomic E-state index is 0.0231. The fourth-order valence-corrected chi connectivity index (χ4v) is 1.46. The van der Waals surface area contributed by atoms with Crippen molar-refractivity contribution >= 4 is 11.8 Å². The molecule has 2 amide bonds. The van der Waals surface area contributed by atoms with Crippen LogP contribution in [0.1, 0.15) is 13.8 Å². The first-order valence-corrected chi connectivity index (χ1v) is 4.75. The summed E-state index contributed by atoms with van der Waals surface area (Å²) in [5.74, 6) is -0.0533. The van der Waals surface area contributed by atoms with E-state index in [1.807, 2.05) is 6.92 Å². The molecular weight excluding hydrogens is 182 g/mol. The molecule has 0 spiro atoms. The topological polar surface area (TPSA) is 66.6 Å². The van der Waals surface area contributed by atoms with Crippen molar-refractivity contribution in [2.75, 3.05) is 20.1 Å². The van der Waals surface area contributed by atoms with Gasteiger partial charge in [-0.3, -0.25) is 9.59 Å². The van der Waals surface area contributed by atoms with E-state index in [-0.39, 0.29) is 30.4 Å². The zero-order valence-corrected chi connectivity index (χ0v) is 8.86. The molecule has 0 aromatic heterocycles. The number of nitrogens with zero attached hydrogens (tertiary/aromatic N) is 2. The van der Waals surface area contributed by atoms with Crippen molar-refractivity contribution in [3.05, 3.63) is 0 Å². The van der Waals surface area contributed by atoms with E-state index >= 15 is 0 Å². The summed E-state index contributed by atoms with van der Waals surface area (Å²) in [6, 6.07) is -0.437. The van der Waals surface area contributed by atoms with Crippen LogP contribution in [0.25, 0.3) is 0 Å². The number of nitrogens with two attached hydrogens (primary N) is 1. The maximum atomic E-state index is 11.8. The lowest BCUT2D eigenvalue weighted by molar-refractivity contribution is -0.155. The maximum absolute atomic E-state index is 11.8. The summed E-state index contributed by atoms with van der Waals surface area (Å²) < 4.78 is 0. The number of carbonyl (C=O) groups is 2. The minimum atomic E-state index is -0.370. The van der Waals surface area contributed by atoms with Crippen molar-refractivity contribution in [2.45, 2.75) is 25.9 Å². The normalized spacial score (nSPS) is 25.6. The quantitative estimate of drug-likeness (QED) is 0.622. The monoisotopic (exact) mass is 199 g/mol. The average molecular weight is 199 g/mol. The standard InChI is InChI=1S/C9H17N3O2/c1-6(4-10)12-5-8(13)11(3)7(2)9(12)14/h6-7H,4-5,10H2,1-3H3. The van der Waals surface area contributed by atoms with E-state index < -0.39 is 0 Å². The van der Waals surface area contributed by atoms with E-state index in [1.54, 1.807) is 18.9 Å². The van der Waals surface area contributed by atoms with Crippen molar-refractivity contribution in [1.82, 2.24) is 9.80 Å². The average Bonchev–Trinajstić information content (AvgIpc) is 2.19. The number of likely N-dealkylation sites (N-methyl/N-ethyl adjacent to an activating group) is 1. The highest BCUT2D eigenvalue weighted by Crippen LogP contribution is 2.12. The second kappa shape index (κ2) is 3.96. The van der Waals surface area contributed by atoms with Gasteiger partial charge in [-0.25, -0.2) is 0 Å². The third-order valence-electron chi connectivity index (χ3n) is 2.79. The van der Waals surface area contributed by atoms with Crippen LogP contribution in [-0.2, 0) is 9.59 Å². The lowest BCUT2D eigenvalue weighted by atomic mass is 10.1. The van der Waals surface area contributed by atoms with Gasteiger partial charge in [-0.1, -0.05) is 0 Å². The van der Waals surface area contributed by atoms with Gasteiger partial charge in [0.05, 0.1) is 0 Å². The molecule has 5 nitrogen and oxygen atoms in total. The first-order chi connectivity index (χ1) is 6.49. The van der Waals surface area contributed by atoms with Crippen molar-refractivity contribution in [2.24, 2.45) is 5.73 Å². The molecule has 0 radical (unpaired) electrons. The molecule has 0 saturated carbocycles. The first-order valence-electron chi connectivity index (χ1n) is 4.75. The van der Waals surface area contributed by atoms with Crippen LogP contribution < -0.4 is 5.73 Å². The smallest absolute Gasteiger partial charge is 0.245 e. The molecule has 2 N–H and O–H groups in total. The third-order valence-corrected chi connectivity index (χ3v) is 2.79. The van der Waals surface area contributed by atoms with Gasteiger partial charge in [0, 0.05) is 19.6 Å². The molecule has 0 aromatic rings. The highest BCUT2D eigenvalue weighted by Gasteiger charge is 2.35. The van der Waals surface area contributed by atoms with E-state index in [0.717, 1.165) is 0 Å². The maximum Gasteiger partial charge on any atom is 0.245 e. The summed E-state index contributed by atoms with van der Waals surface area (Å²) in [4.78, 5) is 26.3. The Morgan fingerprint density at radius 2 is 2.14 bits per heavy atom. The number of hydrogen-bond donors (Lipinski definition) is 1. The van der Waals surface area contributed by atoms with Crippen molar-refractivity contribution in [3.8, 4) is 0 Å². The fourth-order valence-electron chi connectivity index (χ4n) is 1.46. The Bertz CT molecular complexity index is 254. The van der Waals surface area contributed by atoms with E-state index in [9.17, 15) is 9.59 Å². The molecule has 1 fully saturated rings. The van der Waals surface area contributed by atoms with Crippen molar-refractivity contribution < 1.29 is 9.59 Å². The molecule has 1 aliphatic heterocycles. The zero-order chi connectivity index (χ0) is 10.9. The van der Waals surface area contributed by atoms with Gasteiger partial charge in [-0.05, 0) is 13.8 Å². The van der Waals surface area contributed by atoms with Crippen LogP contribution in [0.2, 0.25) is 0 Å². The molecule has 1 aliphatic rings. The summed E-state index contributed by atoms with van der Waals surface area (Å²) in [6.45, 7) is 4.12. The molecule has 2 atom stereocenters. The van der Waals surface area contributed by atoms with E-state index in [1.165, 1.54) is 4.90 Å². The largest absolute Gasteiger partial charge is 0.332 e. The molecule has 5 heteroatoms. The van der Waals surface area contributed by atoms with Gasteiger partial charge in [0.15, 0.2) is 0 Å². The predicted octanol–water partition coefficient (Wildman–Crippen LogP) is -0.977. The van der Waals surface area contributed by atoms with Crippen molar-refractivity contribution in [3.63, 3.8) is 0 Å². The van der Waals surface area contributed by atoms with Gasteiger partial charge >= 0.3 is 0 Å². The van der Waals surface area contributed by atoms with Crippen LogP contribution >= 0.6 is 0 Å². The highest BCUT2D eigenvalue weighted by molar-refractivity contribution is 5.94. The van der Waals surface area contributed by atoms with Crippen LogP contribution in [0.4, 0.5) is 0 Å². The second-order valence-electron chi connectivity index (χ2n) is 3.73. The van der Waals surface area contributed by atoms with Gasteiger partial charge in [-0.15, -0.1) is 0 Å². The van der Waals surface area contributed by atoms with E-state index in [0.29, 0.717) is 6.54 Å². The summed E-state index contributed by atoms with van der Waals surface area (Å²) in [7, 11) is 1.65. The van der Waals surface area contributed by atoms with Gasteiger partial charge in [-0.2, -0.15) is 0 Å². The summed E-state index contributed by atoms with van der Waals surface area (Å²) >= 11 is 0. The molecular formula is C9H17N3O2. The molecule has 80 valence electrons. The van der Waals surface area contributed by atoms with Crippen LogP contribution in [0.3, 0.4) is 0 Å². The molecule has 2 unspecified atom stereocenters. The van der Waals surface area contributed by atoms with E-state index in [2.05, 4.69) is 0 Å². The van der Waals surface area contributed by atoms with Crippen LogP contribution in [0.15, 0.2) is 0 Å². The lowest BCUT2D eigenvalue weighted by Crippen LogP contribution is -2.60. The molecule has 14 heavy (non-hydrogen) atoms.